The second-order valence-electron chi connectivity index (χ2n) is 2.98. The second kappa shape index (κ2) is 9.96. The van der Waals surface area contributed by atoms with Gasteiger partial charge in [-0.25, -0.2) is 4.79 Å². The van der Waals surface area contributed by atoms with E-state index in [0.717, 1.165) is 19.0 Å². The fourth-order valence-electron chi connectivity index (χ4n) is 0.952. The lowest BCUT2D eigenvalue weighted by Crippen LogP contribution is -2.02. The van der Waals surface area contributed by atoms with Crippen LogP contribution in [0.3, 0.4) is 0 Å². The number of esters is 1. The van der Waals surface area contributed by atoms with Crippen LogP contribution in [-0.2, 0) is 9.53 Å². The highest BCUT2D eigenvalue weighted by Crippen LogP contribution is 1.97. The topological polar surface area (TPSA) is 38.7 Å². The standard InChI is InChI=1S/C11H19NO2/c1-3-5-6-7-8-12-9-10-14-11(13)4-2/h4,9H,2-3,5-8,10H2,1H3. The van der Waals surface area contributed by atoms with Gasteiger partial charge >= 0.3 is 5.97 Å². The molecular formula is C11H19NO2. The van der Waals surface area contributed by atoms with Crippen molar-refractivity contribution in [3.05, 3.63) is 12.7 Å². The smallest absolute Gasteiger partial charge is 0.330 e. The van der Waals surface area contributed by atoms with Crippen LogP contribution < -0.4 is 0 Å². The molecule has 0 fully saturated rings. The molecule has 0 unspecified atom stereocenters. The van der Waals surface area contributed by atoms with Crippen molar-refractivity contribution in [2.45, 2.75) is 32.6 Å². The summed E-state index contributed by atoms with van der Waals surface area (Å²) in [6.07, 6.45) is 7.62. The number of carbonyl (C=O) groups excluding carboxylic acids is 1. The van der Waals surface area contributed by atoms with Crippen molar-refractivity contribution < 1.29 is 9.53 Å². The summed E-state index contributed by atoms with van der Waals surface area (Å²) in [5, 5.41) is 0. The number of ether oxygens (including phenoxy) is 1. The molecule has 0 aliphatic rings. The molecule has 80 valence electrons. The van der Waals surface area contributed by atoms with E-state index in [1.54, 1.807) is 6.21 Å². The molecule has 3 nitrogen and oxygen atoms in total. The third kappa shape index (κ3) is 8.97. The highest BCUT2D eigenvalue weighted by atomic mass is 16.5. The number of aliphatic imine (C=N–C) groups is 1. The Kier molecular flexibility index (Phi) is 9.17. The Labute approximate surface area is 85.9 Å². The Morgan fingerprint density at radius 3 is 2.86 bits per heavy atom. The van der Waals surface area contributed by atoms with Gasteiger partial charge < -0.3 is 4.74 Å². The van der Waals surface area contributed by atoms with E-state index in [4.69, 9.17) is 4.74 Å². The highest BCUT2D eigenvalue weighted by molar-refractivity contribution is 5.82. The zero-order chi connectivity index (χ0) is 10.6. The Balaban J connectivity index is 3.19. The molecule has 0 aliphatic heterocycles. The molecule has 0 bridgehead atoms. The lowest BCUT2D eigenvalue weighted by Gasteiger charge is -1.96. The molecule has 0 aliphatic carbocycles. The molecule has 0 aromatic rings. The summed E-state index contributed by atoms with van der Waals surface area (Å²) >= 11 is 0. The van der Waals surface area contributed by atoms with Crippen molar-refractivity contribution in [2.75, 3.05) is 13.2 Å². The predicted octanol–water partition coefficient (Wildman–Crippen LogP) is 2.37. The van der Waals surface area contributed by atoms with Crippen molar-refractivity contribution >= 4 is 12.2 Å². The van der Waals surface area contributed by atoms with Crippen LogP contribution in [0.15, 0.2) is 17.6 Å². The van der Waals surface area contributed by atoms with E-state index in [-0.39, 0.29) is 6.61 Å². The molecule has 0 amide bonds. The molecule has 14 heavy (non-hydrogen) atoms. The van der Waals surface area contributed by atoms with Gasteiger partial charge in [-0.05, 0) is 6.42 Å². The summed E-state index contributed by atoms with van der Waals surface area (Å²) in [4.78, 5) is 14.7. The molecule has 0 aromatic carbocycles. The average Bonchev–Trinajstić information content (AvgIpc) is 2.21. The lowest BCUT2D eigenvalue weighted by atomic mass is 10.2. The van der Waals surface area contributed by atoms with Gasteiger partial charge in [-0.2, -0.15) is 0 Å². The van der Waals surface area contributed by atoms with E-state index in [1.807, 2.05) is 0 Å². The molecule has 0 aromatic heterocycles. The summed E-state index contributed by atoms with van der Waals surface area (Å²) in [6.45, 7) is 6.54. The maximum absolute atomic E-state index is 10.6. The average molecular weight is 197 g/mol. The maximum atomic E-state index is 10.6. The number of nitrogens with zero attached hydrogens (tertiary/aromatic N) is 1. The molecule has 0 saturated carbocycles. The minimum atomic E-state index is -0.401. The van der Waals surface area contributed by atoms with E-state index < -0.39 is 5.97 Å². The predicted molar refractivity (Wildman–Crippen MR) is 58.7 cm³/mol. The molecule has 0 saturated heterocycles. The van der Waals surface area contributed by atoms with Gasteiger partial charge in [0.05, 0.1) is 0 Å². The summed E-state index contributed by atoms with van der Waals surface area (Å²) in [5.74, 6) is -0.401. The van der Waals surface area contributed by atoms with Crippen molar-refractivity contribution in [3.63, 3.8) is 0 Å². The maximum Gasteiger partial charge on any atom is 0.330 e. The number of unbranched alkanes of at least 4 members (excludes halogenated alkanes) is 3. The van der Waals surface area contributed by atoms with Crippen LogP contribution in [-0.4, -0.2) is 25.3 Å². The second-order valence-corrected chi connectivity index (χ2v) is 2.98. The van der Waals surface area contributed by atoms with Gasteiger partial charge in [0.2, 0.25) is 0 Å². The quantitative estimate of drug-likeness (QED) is 0.259. The highest BCUT2D eigenvalue weighted by Gasteiger charge is 1.90. The number of hydrogen-bond donors (Lipinski definition) is 0. The first-order valence-electron chi connectivity index (χ1n) is 5.08. The van der Waals surface area contributed by atoms with Crippen LogP contribution in [0.5, 0.6) is 0 Å². The van der Waals surface area contributed by atoms with Crippen molar-refractivity contribution in [1.82, 2.24) is 0 Å². The normalized spacial score (nSPS) is 10.4. The van der Waals surface area contributed by atoms with E-state index in [0.29, 0.717) is 0 Å². The number of rotatable bonds is 8. The lowest BCUT2D eigenvalue weighted by molar-refractivity contribution is -0.135. The van der Waals surface area contributed by atoms with Crippen molar-refractivity contribution in [3.8, 4) is 0 Å². The van der Waals surface area contributed by atoms with Gasteiger partial charge in [0.15, 0.2) is 0 Å². The number of carbonyl (C=O) groups is 1. The Bertz CT molecular complexity index is 188. The Morgan fingerprint density at radius 1 is 1.43 bits per heavy atom. The van der Waals surface area contributed by atoms with E-state index in [9.17, 15) is 4.79 Å². The summed E-state index contributed by atoms with van der Waals surface area (Å²) in [5.41, 5.74) is 0. The van der Waals surface area contributed by atoms with Crippen LogP contribution in [0.25, 0.3) is 0 Å². The Morgan fingerprint density at radius 2 is 2.21 bits per heavy atom. The van der Waals surface area contributed by atoms with Crippen LogP contribution in [0.2, 0.25) is 0 Å². The third-order valence-electron chi connectivity index (χ3n) is 1.74. The third-order valence-corrected chi connectivity index (χ3v) is 1.74. The monoisotopic (exact) mass is 197 g/mol. The first-order valence-corrected chi connectivity index (χ1v) is 5.08. The Hall–Kier alpha value is -1.12. The fourth-order valence-corrected chi connectivity index (χ4v) is 0.952. The van der Waals surface area contributed by atoms with Gasteiger partial charge in [0, 0.05) is 18.8 Å². The molecule has 3 heteroatoms. The van der Waals surface area contributed by atoms with Crippen LogP contribution in [0, 0.1) is 0 Å². The zero-order valence-electron chi connectivity index (χ0n) is 8.87. The summed E-state index contributed by atoms with van der Waals surface area (Å²) in [6, 6.07) is 0. The van der Waals surface area contributed by atoms with Gasteiger partial charge in [-0.1, -0.05) is 32.8 Å². The number of hydrogen-bond acceptors (Lipinski definition) is 3. The minimum absolute atomic E-state index is 0.249. The van der Waals surface area contributed by atoms with Gasteiger partial charge in [-0.15, -0.1) is 0 Å². The van der Waals surface area contributed by atoms with E-state index in [2.05, 4.69) is 18.5 Å². The SMILES string of the molecule is C=CC(=O)OCC=NCCCCCC. The first-order chi connectivity index (χ1) is 6.81. The van der Waals surface area contributed by atoms with E-state index >= 15 is 0 Å². The molecule has 0 N–H and O–H groups in total. The zero-order valence-corrected chi connectivity index (χ0v) is 8.87. The van der Waals surface area contributed by atoms with Gasteiger partial charge in [0.25, 0.3) is 0 Å². The molecule has 0 radical (unpaired) electrons. The van der Waals surface area contributed by atoms with Gasteiger partial charge in [-0.3, -0.25) is 4.99 Å². The van der Waals surface area contributed by atoms with Crippen LogP contribution in [0.4, 0.5) is 0 Å². The van der Waals surface area contributed by atoms with E-state index in [1.165, 1.54) is 19.3 Å². The molecular weight excluding hydrogens is 178 g/mol. The minimum Gasteiger partial charge on any atom is -0.457 e. The molecule has 0 atom stereocenters. The van der Waals surface area contributed by atoms with Crippen LogP contribution >= 0.6 is 0 Å². The molecule has 0 heterocycles. The summed E-state index contributed by atoms with van der Waals surface area (Å²) < 4.78 is 4.71. The largest absolute Gasteiger partial charge is 0.457 e. The fraction of sp³-hybridized carbons (Fsp3) is 0.636. The molecule has 0 rings (SSSR count). The van der Waals surface area contributed by atoms with Crippen molar-refractivity contribution in [1.29, 1.82) is 0 Å². The van der Waals surface area contributed by atoms with Gasteiger partial charge in [0.1, 0.15) is 6.61 Å². The summed E-state index contributed by atoms with van der Waals surface area (Å²) in [7, 11) is 0. The van der Waals surface area contributed by atoms with Crippen molar-refractivity contribution in [2.24, 2.45) is 4.99 Å². The first kappa shape index (κ1) is 12.9. The molecule has 0 spiro atoms. The van der Waals surface area contributed by atoms with Crippen LogP contribution in [0.1, 0.15) is 32.6 Å².